The van der Waals surface area contributed by atoms with E-state index in [0.29, 0.717) is 0 Å². The van der Waals surface area contributed by atoms with E-state index in [2.05, 4.69) is 4.57 Å². The predicted octanol–water partition coefficient (Wildman–Crippen LogP) is 4.60. The van der Waals surface area contributed by atoms with Crippen LogP contribution in [0.1, 0.15) is 5.69 Å². The molecule has 0 aliphatic rings. The summed E-state index contributed by atoms with van der Waals surface area (Å²) in [5.41, 5.74) is 3.95. The smallest absolute Gasteiger partial charge is 0.165 e. The third-order valence-electron chi connectivity index (χ3n) is 3.54. The van der Waals surface area contributed by atoms with Crippen LogP contribution in [0.4, 0.5) is 4.39 Å². The summed E-state index contributed by atoms with van der Waals surface area (Å²) in [6.45, 7) is 2.04. The van der Waals surface area contributed by atoms with Gasteiger partial charge in [-0.05, 0) is 49.4 Å². The Bertz CT molecular complexity index is 762. The van der Waals surface area contributed by atoms with Crippen LogP contribution in [0, 0.1) is 12.7 Å². The van der Waals surface area contributed by atoms with Crippen LogP contribution < -0.4 is 4.74 Å². The molecule has 0 aliphatic heterocycles. The molecule has 0 aliphatic carbocycles. The zero-order valence-electron chi connectivity index (χ0n) is 12.0. The Morgan fingerprint density at radius 1 is 0.952 bits per heavy atom. The van der Waals surface area contributed by atoms with E-state index in [1.165, 1.54) is 13.2 Å². The Labute approximate surface area is 123 Å². The van der Waals surface area contributed by atoms with Crippen molar-refractivity contribution in [1.29, 1.82) is 0 Å². The van der Waals surface area contributed by atoms with Gasteiger partial charge in [-0.2, -0.15) is 0 Å². The average Bonchev–Trinajstić information content (AvgIpc) is 2.90. The second-order valence-electron chi connectivity index (χ2n) is 4.88. The number of benzene rings is 2. The van der Waals surface area contributed by atoms with E-state index < -0.39 is 0 Å². The van der Waals surface area contributed by atoms with Gasteiger partial charge in [-0.15, -0.1) is 0 Å². The van der Waals surface area contributed by atoms with Gasteiger partial charge in [-0.25, -0.2) is 4.39 Å². The van der Waals surface area contributed by atoms with Crippen molar-refractivity contribution in [2.75, 3.05) is 7.11 Å². The topological polar surface area (TPSA) is 14.2 Å². The molecule has 21 heavy (non-hydrogen) atoms. The lowest BCUT2D eigenvalue weighted by Gasteiger charge is -2.12. The molecular formula is C18H16FNO. The summed E-state index contributed by atoms with van der Waals surface area (Å²) in [6.07, 6.45) is 0. The fourth-order valence-electron chi connectivity index (χ4n) is 2.51. The van der Waals surface area contributed by atoms with E-state index in [0.717, 1.165) is 22.6 Å². The van der Waals surface area contributed by atoms with Crippen molar-refractivity contribution >= 4 is 0 Å². The van der Waals surface area contributed by atoms with Crippen LogP contribution in [0.5, 0.6) is 5.75 Å². The maximum absolute atomic E-state index is 13.9. The summed E-state index contributed by atoms with van der Waals surface area (Å²) < 4.78 is 21.0. The van der Waals surface area contributed by atoms with E-state index in [1.807, 2.05) is 55.5 Å². The van der Waals surface area contributed by atoms with Crippen LogP contribution in [0.25, 0.3) is 16.9 Å². The number of halogens is 1. The highest BCUT2D eigenvalue weighted by Crippen LogP contribution is 2.29. The molecule has 3 rings (SSSR count). The van der Waals surface area contributed by atoms with Gasteiger partial charge in [-0.3, -0.25) is 0 Å². The number of para-hydroxylation sites is 1. The van der Waals surface area contributed by atoms with Crippen LogP contribution in [-0.4, -0.2) is 11.7 Å². The summed E-state index contributed by atoms with van der Waals surface area (Å²) in [5.74, 6) is -0.0956. The monoisotopic (exact) mass is 281 g/mol. The van der Waals surface area contributed by atoms with Crippen LogP contribution >= 0.6 is 0 Å². The van der Waals surface area contributed by atoms with Crippen molar-refractivity contribution in [3.05, 3.63) is 72.2 Å². The van der Waals surface area contributed by atoms with Gasteiger partial charge in [0.15, 0.2) is 11.6 Å². The molecule has 0 spiro atoms. The molecule has 0 fully saturated rings. The third-order valence-corrected chi connectivity index (χ3v) is 3.54. The molecule has 1 heterocycles. The van der Waals surface area contributed by atoms with E-state index in [4.69, 9.17) is 4.74 Å². The summed E-state index contributed by atoms with van der Waals surface area (Å²) in [4.78, 5) is 0. The number of hydrogen-bond acceptors (Lipinski definition) is 1. The van der Waals surface area contributed by atoms with Gasteiger partial charge < -0.3 is 9.30 Å². The first kappa shape index (κ1) is 13.4. The van der Waals surface area contributed by atoms with Crippen molar-refractivity contribution in [1.82, 2.24) is 4.57 Å². The highest BCUT2D eigenvalue weighted by atomic mass is 19.1. The van der Waals surface area contributed by atoms with E-state index in [-0.39, 0.29) is 11.6 Å². The Kier molecular flexibility index (Phi) is 3.48. The minimum atomic E-state index is -0.353. The van der Waals surface area contributed by atoms with Gasteiger partial charge in [0.2, 0.25) is 0 Å². The van der Waals surface area contributed by atoms with Crippen LogP contribution in [-0.2, 0) is 0 Å². The molecule has 0 radical (unpaired) electrons. The average molecular weight is 281 g/mol. The van der Waals surface area contributed by atoms with Gasteiger partial charge in [0.1, 0.15) is 0 Å². The first-order valence-electron chi connectivity index (χ1n) is 6.78. The fourth-order valence-corrected chi connectivity index (χ4v) is 2.51. The lowest BCUT2D eigenvalue weighted by Crippen LogP contribution is -1.99. The number of hydrogen-bond donors (Lipinski definition) is 0. The third kappa shape index (κ3) is 2.42. The van der Waals surface area contributed by atoms with Crippen molar-refractivity contribution in [2.45, 2.75) is 6.92 Å². The first-order chi connectivity index (χ1) is 10.2. The lowest BCUT2D eigenvalue weighted by molar-refractivity contribution is 0.386. The van der Waals surface area contributed by atoms with Crippen LogP contribution in [0.3, 0.4) is 0 Å². The molecule has 0 unspecified atom stereocenters. The molecule has 0 atom stereocenters. The number of nitrogens with zero attached hydrogens (tertiary/aromatic N) is 1. The minimum absolute atomic E-state index is 0.258. The number of ether oxygens (including phenoxy) is 1. The molecular weight excluding hydrogens is 265 g/mol. The molecule has 2 aromatic carbocycles. The Hall–Kier alpha value is -2.55. The normalized spacial score (nSPS) is 10.6. The summed E-state index contributed by atoms with van der Waals surface area (Å²) >= 11 is 0. The number of aryl methyl sites for hydroxylation is 1. The first-order valence-corrected chi connectivity index (χ1v) is 6.78. The zero-order chi connectivity index (χ0) is 14.8. The largest absolute Gasteiger partial charge is 0.494 e. The second kappa shape index (κ2) is 5.44. The van der Waals surface area contributed by atoms with Crippen molar-refractivity contribution in [2.24, 2.45) is 0 Å². The van der Waals surface area contributed by atoms with Gasteiger partial charge in [-0.1, -0.05) is 18.2 Å². The molecule has 3 aromatic rings. The highest BCUT2D eigenvalue weighted by molar-refractivity contribution is 5.65. The van der Waals surface area contributed by atoms with Crippen molar-refractivity contribution in [3.8, 4) is 22.7 Å². The van der Waals surface area contributed by atoms with Gasteiger partial charge >= 0.3 is 0 Å². The van der Waals surface area contributed by atoms with E-state index in [9.17, 15) is 4.39 Å². The summed E-state index contributed by atoms with van der Waals surface area (Å²) in [7, 11) is 1.47. The van der Waals surface area contributed by atoms with Crippen LogP contribution in [0.2, 0.25) is 0 Å². The quantitative estimate of drug-likeness (QED) is 0.684. The maximum atomic E-state index is 13.9. The molecule has 1 aromatic heterocycles. The minimum Gasteiger partial charge on any atom is -0.494 e. The Morgan fingerprint density at radius 2 is 1.71 bits per heavy atom. The van der Waals surface area contributed by atoms with E-state index >= 15 is 0 Å². The molecule has 0 saturated carbocycles. The molecule has 106 valence electrons. The highest BCUT2D eigenvalue weighted by Gasteiger charge is 2.11. The van der Waals surface area contributed by atoms with E-state index in [1.54, 1.807) is 6.07 Å². The standard InChI is InChI=1S/C18H16FNO/c1-13-8-10-17(20(13)15-6-4-3-5-7-15)14-9-11-18(21-2)16(19)12-14/h3-12H,1-2H3. The number of rotatable bonds is 3. The summed E-state index contributed by atoms with van der Waals surface area (Å²) in [5, 5.41) is 0. The SMILES string of the molecule is COc1ccc(-c2ccc(C)n2-c2ccccc2)cc1F. The lowest BCUT2D eigenvalue weighted by atomic mass is 10.1. The van der Waals surface area contributed by atoms with Gasteiger partial charge in [0.25, 0.3) is 0 Å². The second-order valence-corrected chi connectivity index (χ2v) is 4.88. The molecule has 0 N–H and O–H groups in total. The zero-order valence-corrected chi connectivity index (χ0v) is 12.0. The Morgan fingerprint density at radius 3 is 2.38 bits per heavy atom. The van der Waals surface area contributed by atoms with Crippen molar-refractivity contribution < 1.29 is 9.13 Å². The molecule has 0 amide bonds. The predicted molar refractivity (Wildman–Crippen MR) is 82.5 cm³/mol. The summed E-state index contributed by atoms with van der Waals surface area (Å²) in [6, 6.07) is 19.1. The molecule has 0 bridgehead atoms. The molecule has 0 saturated heterocycles. The number of aromatic nitrogens is 1. The van der Waals surface area contributed by atoms with Crippen molar-refractivity contribution in [3.63, 3.8) is 0 Å². The van der Waals surface area contributed by atoms with Crippen LogP contribution in [0.15, 0.2) is 60.7 Å². The Balaban J connectivity index is 2.14. The maximum Gasteiger partial charge on any atom is 0.165 e. The van der Waals surface area contributed by atoms with Gasteiger partial charge in [0.05, 0.1) is 12.8 Å². The molecule has 3 heteroatoms. The fraction of sp³-hybridized carbons (Fsp3) is 0.111. The molecule has 2 nitrogen and oxygen atoms in total. The number of methoxy groups -OCH3 is 1. The van der Waals surface area contributed by atoms with Gasteiger partial charge in [0, 0.05) is 16.9 Å².